The molecule has 16 heteroatoms. The van der Waals surface area contributed by atoms with Crippen LogP contribution in [0.3, 0.4) is 0 Å². The van der Waals surface area contributed by atoms with E-state index < -0.39 is 36.1 Å². The molecule has 0 spiro atoms. The molecule has 2 aliphatic heterocycles. The summed E-state index contributed by atoms with van der Waals surface area (Å²) >= 11 is 0. The lowest BCUT2D eigenvalue weighted by molar-refractivity contribution is -0.127. The van der Waals surface area contributed by atoms with Crippen LogP contribution in [0.2, 0.25) is 0 Å². The van der Waals surface area contributed by atoms with Gasteiger partial charge in [0.1, 0.15) is 11.6 Å². The number of imidazole rings is 2. The Hall–Kier alpha value is -5.42. The van der Waals surface area contributed by atoms with Crippen LogP contribution in [-0.4, -0.2) is 140 Å². The summed E-state index contributed by atoms with van der Waals surface area (Å²) in [6.45, 7) is 2.63. The SMILES string of the molecule is CN(C)CC[C@@H](C(=O)NC(=O)O)N1CCCC1c1ncc(-c2ccc(-c3ccc(-c4cnc(C5CCCN5[C@@H](CCN(C)C)C(=O)NC(=O)O)[nH]4)cc3)cc2)[nH]1. The van der Waals surface area contributed by atoms with E-state index in [1.54, 1.807) is 12.4 Å². The molecule has 0 radical (unpaired) electrons. The molecule has 298 valence electrons. The number of aromatic amines is 2. The smallest absolute Gasteiger partial charge is 0.411 e. The number of hydrogen-bond donors (Lipinski definition) is 6. The average molecular weight is 769 g/mol. The molecule has 4 heterocycles. The number of likely N-dealkylation sites (tertiary alicyclic amines) is 2. The third-order valence-corrected chi connectivity index (χ3v) is 10.7. The number of H-pyrrole nitrogens is 2. The minimum Gasteiger partial charge on any atom is -0.465 e. The van der Waals surface area contributed by atoms with Gasteiger partial charge >= 0.3 is 12.2 Å². The molecule has 4 amide bonds. The monoisotopic (exact) mass is 768 g/mol. The van der Waals surface area contributed by atoms with E-state index in [1.807, 2.05) is 62.3 Å². The largest absolute Gasteiger partial charge is 0.465 e. The first-order valence-electron chi connectivity index (χ1n) is 19.1. The topological polar surface area (TPSA) is 203 Å². The lowest BCUT2D eigenvalue weighted by Crippen LogP contribution is -2.49. The molecule has 2 unspecified atom stereocenters. The van der Waals surface area contributed by atoms with Gasteiger partial charge in [-0.1, -0.05) is 48.5 Å². The minimum absolute atomic E-state index is 0.133. The summed E-state index contributed by atoms with van der Waals surface area (Å²) in [5.41, 5.74) is 5.75. The van der Waals surface area contributed by atoms with Crippen LogP contribution in [0.25, 0.3) is 33.6 Å². The highest BCUT2D eigenvalue weighted by atomic mass is 16.4. The summed E-state index contributed by atoms with van der Waals surface area (Å²) in [5, 5.41) is 22.6. The average Bonchev–Trinajstić information content (AvgIpc) is 3.99. The molecule has 4 atom stereocenters. The maximum absolute atomic E-state index is 12.9. The number of imide groups is 2. The van der Waals surface area contributed by atoms with Gasteiger partial charge in [0, 0.05) is 0 Å². The zero-order chi connectivity index (χ0) is 39.9. The number of amides is 4. The lowest BCUT2D eigenvalue weighted by atomic mass is 10.0. The normalized spacial score (nSPS) is 18.7. The van der Waals surface area contributed by atoms with Gasteiger partial charge in [-0.25, -0.2) is 19.6 Å². The third kappa shape index (κ3) is 9.68. The van der Waals surface area contributed by atoms with Crippen LogP contribution in [0.15, 0.2) is 60.9 Å². The molecule has 0 aliphatic carbocycles. The molecule has 0 saturated carbocycles. The van der Waals surface area contributed by atoms with Crippen LogP contribution in [0.5, 0.6) is 0 Å². The Morgan fingerprint density at radius 3 is 1.36 bits per heavy atom. The van der Waals surface area contributed by atoms with Crippen molar-refractivity contribution in [2.75, 3.05) is 54.4 Å². The fourth-order valence-electron chi connectivity index (χ4n) is 7.93. The predicted octanol–water partition coefficient (Wildman–Crippen LogP) is 4.64. The van der Waals surface area contributed by atoms with E-state index in [-0.39, 0.29) is 12.1 Å². The van der Waals surface area contributed by atoms with E-state index in [0.29, 0.717) is 39.0 Å². The van der Waals surface area contributed by atoms with E-state index in [0.717, 1.165) is 71.0 Å². The number of hydrogen-bond acceptors (Lipinski definition) is 10. The molecule has 4 aromatic rings. The van der Waals surface area contributed by atoms with Gasteiger partial charge in [-0.2, -0.15) is 0 Å². The van der Waals surface area contributed by atoms with Gasteiger partial charge in [-0.3, -0.25) is 30.0 Å². The fourth-order valence-corrected chi connectivity index (χ4v) is 7.93. The van der Waals surface area contributed by atoms with Crippen LogP contribution in [0, 0.1) is 0 Å². The predicted molar refractivity (Wildman–Crippen MR) is 211 cm³/mol. The number of nitrogens with one attached hydrogen (secondary N) is 4. The first-order valence-corrected chi connectivity index (χ1v) is 19.1. The first-order chi connectivity index (χ1) is 26.9. The number of nitrogens with zero attached hydrogens (tertiary/aromatic N) is 6. The van der Waals surface area contributed by atoms with Gasteiger partial charge in [-0.05, 0) is 115 Å². The van der Waals surface area contributed by atoms with Gasteiger partial charge in [0.2, 0.25) is 11.8 Å². The Kier molecular flexibility index (Phi) is 13.0. The number of benzene rings is 2. The lowest BCUT2D eigenvalue weighted by Gasteiger charge is -2.31. The third-order valence-electron chi connectivity index (χ3n) is 10.7. The Labute approximate surface area is 326 Å². The molecular weight excluding hydrogens is 717 g/mol. The molecular formula is C40H52N10O6. The van der Waals surface area contributed by atoms with Crippen molar-refractivity contribution in [2.24, 2.45) is 0 Å². The van der Waals surface area contributed by atoms with Gasteiger partial charge in [-0.15, -0.1) is 0 Å². The van der Waals surface area contributed by atoms with E-state index in [2.05, 4.69) is 54.7 Å². The zero-order valence-corrected chi connectivity index (χ0v) is 32.4. The molecule has 6 N–H and O–H groups in total. The number of rotatable bonds is 15. The maximum Gasteiger partial charge on any atom is 0.411 e. The molecule has 16 nitrogen and oxygen atoms in total. The second-order valence-electron chi connectivity index (χ2n) is 15.1. The fraction of sp³-hybridized carbons (Fsp3) is 0.450. The van der Waals surface area contributed by atoms with Gasteiger partial charge in [0.25, 0.3) is 0 Å². The van der Waals surface area contributed by atoms with Crippen LogP contribution >= 0.6 is 0 Å². The standard InChI is InChI=1S/C40H52N10O6/c1-47(2)21-17-33(37(51)45-39(53)54)49-19-5-7-31(49)35-41-23-29(43-35)27-13-9-25(10-14-27)26-11-15-28(16-12-26)30-24-42-36(44-30)32-8-6-20-50(32)34(18-22-48(3)4)38(52)46-40(55)56/h9-16,23-24,31-34H,5-8,17-22H2,1-4H3,(H,41,43)(H,42,44)(H,45,51)(H,46,52)(H,53,54)(H,55,56)/t31?,32?,33-,34-/m0/s1. The highest BCUT2D eigenvalue weighted by molar-refractivity contribution is 5.94. The Morgan fingerprint density at radius 2 is 1.02 bits per heavy atom. The van der Waals surface area contributed by atoms with Crippen LogP contribution in [0.4, 0.5) is 9.59 Å². The highest BCUT2D eigenvalue weighted by Crippen LogP contribution is 2.36. The number of carbonyl (C=O) groups excluding carboxylic acids is 2. The molecule has 2 aliphatic rings. The maximum atomic E-state index is 12.9. The van der Waals surface area contributed by atoms with Crippen molar-refractivity contribution in [1.29, 1.82) is 0 Å². The summed E-state index contributed by atoms with van der Waals surface area (Å²) in [7, 11) is 7.71. The Bertz CT molecular complexity index is 1830. The zero-order valence-electron chi connectivity index (χ0n) is 32.4. The van der Waals surface area contributed by atoms with Gasteiger partial charge in [0.15, 0.2) is 0 Å². The van der Waals surface area contributed by atoms with Crippen molar-refractivity contribution in [3.8, 4) is 33.6 Å². The number of aromatic nitrogens is 4. The van der Waals surface area contributed by atoms with Crippen LogP contribution in [-0.2, 0) is 9.59 Å². The quantitative estimate of drug-likeness (QED) is 0.0980. The molecule has 2 saturated heterocycles. The van der Waals surface area contributed by atoms with Crippen molar-refractivity contribution < 1.29 is 29.4 Å². The summed E-state index contributed by atoms with van der Waals surface area (Å²) < 4.78 is 0. The second-order valence-corrected chi connectivity index (χ2v) is 15.1. The van der Waals surface area contributed by atoms with Crippen LogP contribution < -0.4 is 10.6 Å². The Morgan fingerprint density at radius 1 is 0.661 bits per heavy atom. The molecule has 6 rings (SSSR count). The summed E-state index contributed by atoms with van der Waals surface area (Å²) in [6, 6.07) is 15.0. The summed E-state index contributed by atoms with van der Waals surface area (Å²) in [5.74, 6) is 0.481. The highest BCUT2D eigenvalue weighted by Gasteiger charge is 2.39. The molecule has 0 bridgehead atoms. The van der Waals surface area contributed by atoms with E-state index in [9.17, 15) is 29.4 Å². The van der Waals surface area contributed by atoms with Crippen molar-refractivity contribution in [3.63, 3.8) is 0 Å². The van der Waals surface area contributed by atoms with Crippen LogP contribution in [0.1, 0.15) is 62.3 Å². The number of carboxylic acid groups (broad SMARTS) is 2. The summed E-state index contributed by atoms with van der Waals surface area (Å²) in [4.78, 5) is 72.9. The Balaban J connectivity index is 1.12. The molecule has 2 aromatic carbocycles. The summed E-state index contributed by atoms with van der Waals surface area (Å²) in [6.07, 6.45) is 5.28. The molecule has 2 aromatic heterocycles. The minimum atomic E-state index is -1.35. The molecule has 2 fully saturated rings. The second kappa shape index (κ2) is 18.0. The van der Waals surface area contributed by atoms with Crippen molar-refractivity contribution >= 4 is 24.0 Å². The van der Waals surface area contributed by atoms with Crippen molar-refractivity contribution in [1.82, 2.24) is 50.2 Å². The van der Waals surface area contributed by atoms with Gasteiger partial charge < -0.3 is 30.0 Å². The van der Waals surface area contributed by atoms with Crippen molar-refractivity contribution in [3.05, 3.63) is 72.6 Å². The number of carbonyl (C=O) groups is 4. The first kappa shape index (κ1) is 40.2. The van der Waals surface area contributed by atoms with E-state index in [4.69, 9.17) is 9.97 Å². The van der Waals surface area contributed by atoms with Gasteiger partial charge in [0.05, 0.1) is 47.9 Å². The van der Waals surface area contributed by atoms with E-state index >= 15 is 0 Å². The van der Waals surface area contributed by atoms with E-state index in [1.165, 1.54) is 0 Å². The van der Waals surface area contributed by atoms with Crippen molar-refractivity contribution in [2.45, 2.75) is 62.7 Å². The molecule has 56 heavy (non-hydrogen) atoms.